The molecule has 0 radical (unpaired) electrons. The van der Waals surface area contributed by atoms with Crippen molar-refractivity contribution in [1.29, 1.82) is 0 Å². The van der Waals surface area contributed by atoms with Gasteiger partial charge in [0.2, 0.25) is 0 Å². The van der Waals surface area contributed by atoms with Crippen LogP contribution in [-0.4, -0.2) is 23.8 Å². The Balaban J connectivity index is 2.08. The van der Waals surface area contributed by atoms with Crippen LogP contribution >= 0.6 is 0 Å². The molecule has 0 amide bonds. The first-order valence-corrected chi connectivity index (χ1v) is 4.60. The highest BCUT2D eigenvalue weighted by atomic mass is 16.3. The normalized spacial score (nSPS) is 31.6. The molecule has 0 heterocycles. The van der Waals surface area contributed by atoms with Crippen molar-refractivity contribution in [3.05, 3.63) is 0 Å². The van der Waals surface area contributed by atoms with Crippen LogP contribution in [0.1, 0.15) is 33.1 Å². The fourth-order valence-corrected chi connectivity index (χ4v) is 1.64. The molecular weight excluding hydrogens is 138 g/mol. The minimum Gasteiger partial charge on any atom is -0.393 e. The molecule has 1 fully saturated rings. The molecule has 0 bridgehead atoms. The largest absolute Gasteiger partial charge is 0.393 e. The molecule has 1 aliphatic carbocycles. The molecule has 66 valence electrons. The van der Waals surface area contributed by atoms with E-state index in [-0.39, 0.29) is 6.10 Å². The number of aliphatic hydroxyl groups is 1. The summed E-state index contributed by atoms with van der Waals surface area (Å²) in [6.45, 7) is 5.39. The second-order valence-corrected chi connectivity index (χ2v) is 3.90. The summed E-state index contributed by atoms with van der Waals surface area (Å²) < 4.78 is 0. The molecule has 0 aromatic heterocycles. The third-order valence-electron chi connectivity index (χ3n) is 2.33. The van der Waals surface area contributed by atoms with Crippen molar-refractivity contribution in [1.82, 2.24) is 5.32 Å². The van der Waals surface area contributed by atoms with Gasteiger partial charge in [-0.3, -0.25) is 0 Å². The quantitative estimate of drug-likeness (QED) is 0.644. The summed E-state index contributed by atoms with van der Waals surface area (Å²) in [7, 11) is 0. The summed E-state index contributed by atoms with van der Waals surface area (Å²) in [5.41, 5.74) is 0. The molecule has 1 aliphatic rings. The summed E-state index contributed by atoms with van der Waals surface area (Å²) in [5, 5.41) is 12.6. The molecular formula is C9H19NO. The van der Waals surface area contributed by atoms with Crippen molar-refractivity contribution in [2.24, 2.45) is 5.92 Å². The molecule has 0 spiro atoms. The lowest BCUT2D eigenvalue weighted by atomic mass is 10.1. The first-order chi connectivity index (χ1) is 5.18. The highest BCUT2D eigenvalue weighted by Gasteiger charge is 2.22. The Labute approximate surface area is 69.0 Å². The van der Waals surface area contributed by atoms with E-state index < -0.39 is 0 Å². The first kappa shape index (κ1) is 9.01. The van der Waals surface area contributed by atoms with Gasteiger partial charge in [-0.15, -0.1) is 0 Å². The Morgan fingerprint density at radius 3 is 2.64 bits per heavy atom. The molecule has 1 rings (SSSR count). The zero-order chi connectivity index (χ0) is 8.27. The van der Waals surface area contributed by atoms with Crippen molar-refractivity contribution in [2.45, 2.75) is 45.3 Å². The summed E-state index contributed by atoms with van der Waals surface area (Å²) >= 11 is 0. The monoisotopic (exact) mass is 157 g/mol. The standard InChI is InChI=1S/C9H19NO/c1-7(2)10-6-8-3-4-9(11)5-8/h7-11H,3-6H2,1-2H3. The van der Waals surface area contributed by atoms with Crippen molar-refractivity contribution in [3.63, 3.8) is 0 Å². The SMILES string of the molecule is CC(C)NCC1CCC(O)C1. The predicted molar refractivity (Wildman–Crippen MR) is 46.5 cm³/mol. The summed E-state index contributed by atoms with van der Waals surface area (Å²) in [6, 6.07) is 0.577. The number of hydrogen-bond donors (Lipinski definition) is 2. The second kappa shape index (κ2) is 4.07. The minimum atomic E-state index is -0.0195. The van der Waals surface area contributed by atoms with E-state index in [1.807, 2.05) is 0 Å². The Bertz CT molecular complexity index is 114. The van der Waals surface area contributed by atoms with Crippen LogP contribution in [0.4, 0.5) is 0 Å². The summed E-state index contributed by atoms with van der Waals surface area (Å²) in [5.74, 6) is 0.715. The third kappa shape index (κ3) is 3.21. The molecule has 0 aromatic rings. The Kier molecular flexibility index (Phi) is 3.34. The van der Waals surface area contributed by atoms with Crippen LogP contribution in [0.2, 0.25) is 0 Å². The van der Waals surface area contributed by atoms with E-state index in [1.165, 1.54) is 6.42 Å². The third-order valence-corrected chi connectivity index (χ3v) is 2.33. The molecule has 0 saturated heterocycles. The molecule has 0 aliphatic heterocycles. The average Bonchev–Trinajstić information content (AvgIpc) is 2.31. The van der Waals surface area contributed by atoms with E-state index in [2.05, 4.69) is 19.2 Å². The molecule has 2 unspecified atom stereocenters. The van der Waals surface area contributed by atoms with Crippen LogP contribution in [0, 0.1) is 5.92 Å². The minimum absolute atomic E-state index is 0.0195. The van der Waals surface area contributed by atoms with E-state index >= 15 is 0 Å². The van der Waals surface area contributed by atoms with Gasteiger partial charge in [0, 0.05) is 6.04 Å². The Hall–Kier alpha value is -0.0800. The van der Waals surface area contributed by atoms with E-state index in [1.54, 1.807) is 0 Å². The van der Waals surface area contributed by atoms with Gasteiger partial charge in [-0.1, -0.05) is 13.8 Å². The Morgan fingerprint density at radius 1 is 1.45 bits per heavy atom. The highest BCUT2D eigenvalue weighted by molar-refractivity contribution is 4.76. The fourth-order valence-electron chi connectivity index (χ4n) is 1.64. The van der Waals surface area contributed by atoms with Crippen LogP contribution in [0.15, 0.2) is 0 Å². The van der Waals surface area contributed by atoms with Gasteiger partial charge in [0.25, 0.3) is 0 Å². The van der Waals surface area contributed by atoms with Gasteiger partial charge in [-0.2, -0.15) is 0 Å². The van der Waals surface area contributed by atoms with Gasteiger partial charge in [0.1, 0.15) is 0 Å². The molecule has 1 saturated carbocycles. The van der Waals surface area contributed by atoms with Gasteiger partial charge in [-0.25, -0.2) is 0 Å². The maximum absolute atomic E-state index is 9.24. The lowest BCUT2D eigenvalue weighted by Crippen LogP contribution is -2.28. The highest BCUT2D eigenvalue weighted by Crippen LogP contribution is 2.24. The van der Waals surface area contributed by atoms with E-state index in [9.17, 15) is 5.11 Å². The van der Waals surface area contributed by atoms with E-state index in [4.69, 9.17) is 0 Å². The zero-order valence-electron chi connectivity index (χ0n) is 7.51. The summed E-state index contributed by atoms with van der Waals surface area (Å²) in [4.78, 5) is 0. The van der Waals surface area contributed by atoms with Crippen molar-refractivity contribution < 1.29 is 5.11 Å². The first-order valence-electron chi connectivity index (χ1n) is 4.60. The van der Waals surface area contributed by atoms with E-state index in [0.29, 0.717) is 12.0 Å². The fraction of sp³-hybridized carbons (Fsp3) is 1.00. The van der Waals surface area contributed by atoms with Crippen molar-refractivity contribution >= 4 is 0 Å². The van der Waals surface area contributed by atoms with Crippen LogP contribution in [-0.2, 0) is 0 Å². The molecule has 2 atom stereocenters. The molecule has 2 N–H and O–H groups in total. The number of nitrogens with one attached hydrogen (secondary N) is 1. The molecule has 2 heteroatoms. The molecule has 0 aromatic carbocycles. The van der Waals surface area contributed by atoms with Crippen molar-refractivity contribution in [2.75, 3.05) is 6.54 Å². The maximum atomic E-state index is 9.24. The number of hydrogen-bond acceptors (Lipinski definition) is 2. The molecule has 2 nitrogen and oxygen atoms in total. The van der Waals surface area contributed by atoms with Gasteiger partial charge < -0.3 is 10.4 Å². The zero-order valence-corrected chi connectivity index (χ0v) is 7.51. The van der Waals surface area contributed by atoms with Gasteiger partial charge in [0.05, 0.1) is 6.10 Å². The summed E-state index contributed by atoms with van der Waals surface area (Å²) in [6.07, 6.45) is 3.18. The van der Waals surface area contributed by atoms with E-state index in [0.717, 1.165) is 19.4 Å². The maximum Gasteiger partial charge on any atom is 0.0543 e. The second-order valence-electron chi connectivity index (χ2n) is 3.90. The Morgan fingerprint density at radius 2 is 2.18 bits per heavy atom. The number of rotatable bonds is 3. The topological polar surface area (TPSA) is 32.3 Å². The average molecular weight is 157 g/mol. The van der Waals surface area contributed by atoms with Gasteiger partial charge >= 0.3 is 0 Å². The van der Waals surface area contributed by atoms with Gasteiger partial charge in [-0.05, 0) is 31.7 Å². The van der Waals surface area contributed by atoms with Gasteiger partial charge in [0.15, 0.2) is 0 Å². The van der Waals surface area contributed by atoms with Crippen LogP contribution in [0.3, 0.4) is 0 Å². The molecule has 11 heavy (non-hydrogen) atoms. The van der Waals surface area contributed by atoms with Crippen molar-refractivity contribution in [3.8, 4) is 0 Å². The van der Waals surface area contributed by atoms with Crippen LogP contribution < -0.4 is 5.32 Å². The smallest absolute Gasteiger partial charge is 0.0543 e. The lowest BCUT2D eigenvalue weighted by molar-refractivity contribution is 0.177. The predicted octanol–water partition coefficient (Wildman–Crippen LogP) is 1.15. The lowest BCUT2D eigenvalue weighted by Gasteiger charge is -2.12. The van der Waals surface area contributed by atoms with Crippen LogP contribution in [0.25, 0.3) is 0 Å². The number of aliphatic hydroxyl groups excluding tert-OH is 1. The van der Waals surface area contributed by atoms with Crippen LogP contribution in [0.5, 0.6) is 0 Å².